The molecule has 1 aromatic heterocycles. The fourth-order valence-corrected chi connectivity index (χ4v) is 2.51. The molecule has 1 aliphatic rings. The molecule has 0 fully saturated rings. The van der Waals surface area contributed by atoms with Crippen molar-refractivity contribution in [2.24, 2.45) is 0 Å². The van der Waals surface area contributed by atoms with Gasteiger partial charge in [0.25, 0.3) is 0 Å². The lowest BCUT2D eigenvalue weighted by Gasteiger charge is -2.25. The third kappa shape index (κ3) is 2.50. The molecule has 1 atom stereocenters. The highest BCUT2D eigenvalue weighted by molar-refractivity contribution is 5.73. The zero-order valence-corrected chi connectivity index (χ0v) is 10.6. The van der Waals surface area contributed by atoms with Gasteiger partial charge in [-0.25, -0.2) is 4.98 Å². The molecule has 0 N–H and O–H groups in total. The molecular weight excluding hydrogens is 238 g/mol. The van der Waals surface area contributed by atoms with Crippen LogP contribution in [0.1, 0.15) is 40.4 Å². The molecule has 0 radical (unpaired) electrons. The van der Waals surface area contributed by atoms with Gasteiger partial charge in [-0.05, 0) is 36.5 Å². The Morgan fingerprint density at radius 3 is 2.89 bits per heavy atom. The van der Waals surface area contributed by atoms with E-state index in [0.717, 1.165) is 25.5 Å². The first-order valence-corrected chi connectivity index (χ1v) is 6.52. The Hall–Kier alpha value is -2.16. The van der Waals surface area contributed by atoms with Crippen molar-refractivity contribution in [3.8, 4) is 5.88 Å². The number of hydrogen-bond acceptors (Lipinski definition) is 3. The van der Waals surface area contributed by atoms with Crippen LogP contribution in [-0.4, -0.2) is 11.3 Å². The van der Waals surface area contributed by atoms with Crippen molar-refractivity contribution in [2.75, 3.05) is 0 Å². The van der Waals surface area contributed by atoms with E-state index in [1.54, 1.807) is 12.1 Å². The topological polar surface area (TPSA) is 39.2 Å². The number of ether oxygens (including phenoxy) is 1. The zero-order chi connectivity index (χ0) is 13.1. The Morgan fingerprint density at radius 2 is 2.11 bits per heavy atom. The van der Waals surface area contributed by atoms with E-state index in [1.165, 1.54) is 17.3 Å². The summed E-state index contributed by atoms with van der Waals surface area (Å²) >= 11 is 0. The molecule has 19 heavy (non-hydrogen) atoms. The van der Waals surface area contributed by atoms with Crippen LogP contribution in [0.15, 0.2) is 42.6 Å². The Balaban J connectivity index is 1.82. The van der Waals surface area contributed by atoms with Crippen LogP contribution in [-0.2, 0) is 6.42 Å². The van der Waals surface area contributed by atoms with Crippen LogP contribution in [0, 0.1) is 0 Å². The standard InChI is InChI=1S/C16H15NO2/c18-11-12-8-9-16(17-10-12)19-15-7-3-5-13-4-1-2-6-14(13)15/h1-2,4,6,8-11,15H,3,5,7H2. The molecule has 0 amide bonds. The van der Waals surface area contributed by atoms with Crippen LogP contribution >= 0.6 is 0 Å². The van der Waals surface area contributed by atoms with Gasteiger partial charge >= 0.3 is 0 Å². The Morgan fingerprint density at radius 1 is 1.21 bits per heavy atom. The van der Waals surface area contributed by atoms with E-state index in [4.69, 9.17) is 4.74 Å². The van der Waals surface area contributed by atoms with Crippen molar-refractivity contribution in [1.82, 2.24) is 4.98 Å². The normalized spacial score (nSPS) is 17.6. The van der Waals surface area contributed by atoms with Gasteiger partial charge in [-0.2, -0.15) is 0 Å². The average Bonchev–Trinajstić information content (AvgIpc) is 2.48. The molecule has 3 heteroatoms. The summed E-state index contributed by atoms with van der Waals surface area (Å²) in [5.74, 6) is 0.576. The van der Waals surface area contributed by atoms with Gasteiger partial charge in [0.15, 0.2) is 6.29 Å². The number of carbonyl (C=O) groups excluding carboxylic acids is 1. The maximum atomic E-state index is 10.6. The Kier molecular flexibility index (Phi) is 3.27. The average molecular weight is 253 g/mol. The summed E-state index contributed by atoms with van der Waals surface area (Å²) in [5.41, 5.74) is 3.19. The zero-order valence-electron chi connectivity index (χ0n) is 10.6. The van der Waals surface area contributed by atoms with Gasteiger partial charge in [0.1, 0.15) is 6.10 Å². The number of hydrogen-bond donors (Lipinski definition) is 0. The number of aromatic nitrogens is 1. The monoisotopic (exact) mass is 253 g/mol. The molecule has 0 bridgehead atoms. The third-order valence-electron chi connectivity index (χ3n) is 3.47. The van der Waals surface area contributed by atoms with Gasteiger partial charge in [-0.3, -0.25) is 4.79 Å². The number of carbonyl (C=O) groups is 1. The quantitative estimate of drug-likeness (QED) is 0.787. The highest BCUT2D eigenvalue weighted by atomic mass is 16.5. The smallest absolute Gasteiger partial charge is 0.213 e. The van der Waals surface area contributed by atoms with E-state index in [1.807, 2.05) is 6.07 Å². The molecule has 0 spiro atoms. The first-order valence-electron chi connectivity index (χ1n) is 6.52. The van der Waals surface area contributed by atoms with Crippen LogP contribution in [0.25, 0.3) is 0 Å². The highest BCUT2D eigenvalue weighted by Gasteiger charge is 2.21. The van der Waals surface area contributed by atoms with E-state index in [0.29, 0.717) is 11.4 Å². The summed E-state index contributed by atoms with van der Waals surface area (Å²) in [5, 5.41) is 0. The molecule has 0 saturated heterocycles. The van der Waals surface area contributed by atoms with Gasteiger partial charge in [-0.15, -0.1) is 0 Å². The highest BCUT2D eigenvalue weighted by Crippen LogP contribution is 2.32. The van der Waals surface area contributed by atoms with Crippen LogP contribution in [0.2, 0.25) is 0 Å². The molecule has 1 aliphatic carbocycles. The second kappa shape index (κ2) is 5.22. The molecule has 2 aromatic rings. The predicted molar refractivity (Wildman–Crippen MR) is 72.4 cm³/mol. The summed E-state index contributed by atoms with van der Waals surface area (Å²) in [6.07, 6.45) is 5.65. The summed E-state index contributed by atoms with van der Waals surface area (Å²) < 4.78 is 5.95. The molecule has 3 rings (SSSR count). The third-order valence-corrected chi connectivity index (χ3v) is 3.47. The fourth-order valence-electron chi connectivity index (χ4n) is 2.51. The lowest BCUT2D eigenvalue weighted by Crippen LogP contribution is -2.15. The molecule has 3 nitrogen and oxygen atoms in total. The first-order chi connectivity index (χ1) is 9.36. The second-order valence-electron chi connectivity index (χ2n) is 4.75. The van der Waals surface area contributed by atoms with E-state index in [2.05, 4.69) is 23.2 Å². The minimum Gasteiger partial charge on any atom is -0.469 e. The van der Waals surface area contributed by atoms with Crippen molar-refractivity contribution >= 4 is 6.29 Å². The molecule has 1 unspecified atom stereocenters. The number of rotatable bonds is 3. The van der Waals surface area contributed by atoms with Gasteiger partial charge in [0.05, 0.1) is 0 Å². The van der Waals surface area contributed by atoms with Crippen molar-refractivity contribution < 1.29 is 9.53 Å². The molecule has 0 saturated carbocycles. The first kappa shape index (κ1) is 11.9. The van der Waals surface area contributed by atoms with E-state index in [-0.39, 0.29) is 6.10 Å². The molecule has 0 aliphatic heterocycles. The number of benzene rings is 1. The molecule has 1 aromatic carbocycles. The number of fused-ring (bicyclic) bond motifs is 1. The van der Waals surface area contributed by atoms with Gasteiger partial charge in [-0.1, -0.05) is 24.3 Å². The summed E-state index contributed by atoms with van der Waals surface area (Å²) in [7, 11) is 0. The van der Waals surface area contributed by atoms with Crippen LogP contribution in [0.4, 0.5) is 0 Å². The predicted octanol–water partition coefficient (Wildman–Crippen LogP) is 3.35. The number of aryl methyl sites for hydroxylation is 1. The van der Waals surface area contributed by atoms with Gasteiger partial charge in [0, 0.05) is 17.8 Å². The molecule has 1 heterocycles. The maximum absolute atomic E-state index is 10.6. The second-order valence-corrected chi connectivity index (χ2v) is 4.75. The Bertz CT molecular complexity index is 578. The SMILES string of the molecule is O=Cc1ccc(OC2CCCc3ccccc32)nc1. The van der Waals surface area contributed by atoms with E-state index >= 15 is 0 Å². The summed E-state index contributed by atoms with van der Waals surface area (Å²) in [6.45, 7) is 0. The largest absolute Gasteiger partial charge is 0.469 e. The minimum absolute atomic E-state index is 0.0690. The number of pyridine rings is 1. The summed E-state index contributed by atoms with van der Waals surface area (Å²) in [6, 6.07) is 11.9. The van der Waals surface area contributed by atoms with Crippen molar-refractivity contribution in [2.45, 2.75) is 25.4 Å². The van der Waals surface area contributed by atoms with Crippen molar-refractivity contribution in [3.63, 3.8) is 0 Å². The van der Waals surface area contributed by atoms with Crippen LogP contribution in [0.5, 0.6) is 5.88 Å². The van der Waals surface area contributed by atoms with Crippen molar-refractivity contribution in [3.05, 3.63) is 59.3 Å². The maximum Gasteiger partial charge on any atom is 0.213 e. The van der Waals surface area contributed by atoms with Crippen LogP contribution in [0.3, 0.4) is 0 Å². The Labute approximate surface area is 112 Å². The molecule has 96 valence electrons. The number of nitrogens with zero attached hydrogens (tertiary/aromatic N) is 1. The lowest BCUT2D eigenvalue weighted by molar-refractivity contribution is 0.112. The molecular formula is C16H15NO2. The lowest BCUT2D eigenvalue weighted by atomic mass is 9.89. The minimum atomic E-state index is 0.0690. The van der Waals surface area contributed by atoms with Crippen molar-refractivity contribution in [1.29, 1.82) is 0 Å². The van der Waals surface area contributed by atoms with Gasteiger partial charge < -0.3 is 4.74 Å². The summed E-state index contributed by atoms with van der Waals surface area (Å²) in [4.78, 5) is 14.8. The van der Waals surface area contributed by atoms with E-state index < -0.39 is 0 Å². The number of aldehydes is 1. The van der Waals surface area contributed by atoms with E-state index in [9.17, 15) is 4.79 Å². The fraction of sp³-hybridized carbons (Fsp3) is 0.250. The van der Waals surface area contributed by atoms with Gasteiger partial charge in [0.2, 0.25) is 5.88 Å². The van der Waals surface area contributed by atoms with Crippen LogP contribution < -0.4 is 4.74 Å².